The van der Waals surface area contributed by atoms with E-state index in [2.05, 4.69) is 19.2 Å². The van der Waals surface area contributed by atoms with Crippen molar-refractivity contribution in [3.8, 4) is 5.75 Å². The Balaban J connectivity index is 2.13. The summed E-state index contributed by atoms with van der Waals surface area (Å²) in [7, 11) is 0. The molecule has 0 aromatic heterocycles. The molecule has 0 spiro atoms. The van der Waals surface area contributed by atoms with Crippen molar-refractivity contribution in [1.29, 1.82) is 0 Å². The summed E-state index contributed by atoms with van der Waals surface area (Å²) in [6.45, 7) is 4.19. The topological polar surface area (TPSA) is 75.4 Å². The monoisotopic (exact) mass is 220 g/mol. The summed E-state index contributed by atoms with van der Waals surface area (Å²) in [5, 5.41) is 12.5. The second-order valence-corrected chi connectivity index (χ2v) is 4.96. The van der Waals surface area contributed by atoms with E-state index in [1.54, 1.807) is 18.2 Å². The normalized spacial score (nSPS) is 21.5. The summed E-state index contributed by atoms with van der Waals surface area (Å²) in [6, 6.07) is 4.98. The molecule has 1 unspecified atom stereocenters. The summed E-state index contributed by atoms with van der Waals surface area (Å²) in [6.07, 6.45) is 0.974. The van der Waals surface area contributed by atoms with Crippen molar-refractivity contribution < 1.29 is 9.90 Å². The maximum atomic E-state index is 11.8. The van der Waals surface area contributed by atoms with Gasteiger partial charge in [-0.25, -0.2) is 0 Å². The molecule has 1 aliphatic carbocycles. The van der Waals surface area contributed by atoms with Crippen LogP contribution < -0.4 is 11.1 Å². The Morgan fingerprint density at radius 1 is 1.56 bits per heavy atom. The molecule has 0 heterocycles. The lowest BCUT2D eigenvalue weighted by molar-refractivity contribution is 0.0944. The number of rotatable bonds is 2. The van der Waals surface area contributed by atoms with E-state index in [1.165, 1.54) is 0 Å². The summed E-state index contributed by atoms with van der Waals surface area (Å²) in [5.74, 6) is -0.404. The predicted molar refractivity (Wildman–Crippen MR) is 62.2 cm³/mol. The molecule has 4 heteroatoms. The van der Waals surface area contributed by atoms with E-state index < -0.39 is 0 Å². The first-order chi connectivity index (χ1) is 7.42. The number of nitrogen functional groups attached to an aromatic ring is 1. The number of carbonyl (C=O) groups is 1. The number of carbonyl (C=O) groups excluding carboxylic acids is 1. The highest BCUT2D eigenvalue weighted by Gasteiger charge is 2.46. The minimum atomic E-state index is -0.264. The molecule has 0 bridgehead atoms. The lowest BCUT2D eigenvalue weighted by atomic mass is 10.1. The van der Waals surface area contributed by atoms with Crippen molar-refractivity contribution in [1.82, 2.24) is 5.32 Å². The molecule has 1 saturated carbocycles. The number of phenols is 1. The van der Waals surface area contributed by atoms with Gasteiger partial charge in [0.1, 0.15) is 0 Å². The Morgan fingerprint density at radius 3 is 2.75 bits per heavy atom. The Hall–Kier alpha value is -1.71. The van der Waals surface area contributed by atoms with Crippen LogP contribution in [0.1, 0.15) is 30.6 Å². The Bertz CT molecular complexity index is 441. The van der Waals surface area contributed by atoms with E-state index in [4.69, 9.17) is 5.73 Å². The van der Waals surface area contributed by atoms with Crippen molar-refractivity contribution in [3.05, 3.63) is 23.8 Å². The average Bonchev–Trinajstić information content (AvgIpc) is 2.78. The molecule has 1 aliphatic rings. The fraction of sp³-hybridized carbons (Fsp3) is 0.417. The van der Waals surface area contributed by atoms with Crippen molar-refractivity contribution in [2.24, 2.45) is 5.41 Å². The highest BCUT2D eigenvalue weighted by Crippen LogP contribution is 2.44. The molecule has 1 fully saturated rings. The number of nitrogens with two attached hydrogens (primary N) is 1. The largest absolute Gasteiger partial charge is 0.505 e. The summed E-state index contributed by atoms with van der Waals surface area (Å²) in [4.78, 5) is 11.8. The van der Waals surface area contributed by atoms with E-state index in [-0.39, 0.29) is 34.4 Å². The summed E-state index contributed by atoms with van der Waals surface area (Å²) < 4.78 is 0. The smallest absolute Gasteiger partial charge is 0.255 e. The van der Waals surface area contributed by atoms with Gasteiger partial charge in [0.15, 0.2) is 5.75 Å². The highest BCUT2D eigenvalue weighted by molar-refractivity contribution is 5.98. The van der Waals surface area contributed by atoms with Crippen LogP contribution in [-0.4, -0.2) is 17.1 Å². The first-order valence-corrected chi connectivity index (χ1v) is 5.30. The first kappa shape index (κ1) is 10.8. The van der Waals surface area contributed by atoms with Crippen LogP contribution in [-0.2, 0) is 0 Å². The zero-order valence-electron chi connectivity index (χ0n) is 9.45. The fourth-order valence-electron chi connectivity index (χ4n) is 1.69. The first-order valence-electron chi connectivity index (χ1n) is 5.30. The second-order valence-electron chi connectivity index (χ2n) is 4.96. The maximum Gasteiger partial charge on any atom is 0.255 e. The van der Waals surface area contributed by atoms with Gasteiger partial charge in [0.25, 0.3) is 5.91 Å². The molecule has 0 radical (unpaired) electrons. The molecule has 4 nitrogen and oxygen atoms in total. The van der Waals surface area contributed by atoms with Gasteiger partial charge in [-0.2, -0.15) is 0 Å². The fourth-order valence-corrected chi connectivity index (χ4v) is 1.69. The number of hydrogen-bond donors (Lipinski definition) is 3. The number of amides is 1. The third-order valence-corrected chi connectivity index (χ3v) is 3.13. The molecule has 0 saturated heterocycles. The van der Waals surface area contributed by atoms with Gasteiger partial charge in [0, 0.05) is 6.04 Å². The number of hydrogen-bond acceptors (Lipinski definition) is 3. The van der Waals surface area contributed by atoms with Crippen LogP contribution in [0.3, 0.4) is 0 Å². The van der Waals surface area contributed by atoms with Crippen LogP contribution in [0.5, 0.6) is 5.75 Å². The molecule has 2 rings (SSSR count). The SMILES string of the molecule is CC1(C)CC1NC(=O)c1cccc(N)c1O. The third-order valence-electron chi connectivity index (χ3n) is 3.13. The van der Waals surface area contributed by atoms with Crippen LogP contribution >= 0.6 is 0 Å². The molecular weight excluding hydrogens is 204 g/mol. The van der Waals surface area contributed by atoms with E-state index in [0.29, 0.717) is 0 Å². The van der Waals surface area contributed by atoms with Crippen molar-refractivity contribution in [2.45, 2.75) is 26.3 Å². The van der Waals surface area contributed by atoms with E-state index in [9.17, 15) is 9.90 Å². The summed E-state index contributed by atoms with van der Waals surface area (Å²) >= 11 is 0. The van der Waals surface area contributed by atoms with E-state index in [0.717, 1.165) is 6.42 Å². The molecule has 86 valence electrons. The Kier molecular flexibility index (Phi) is 2.30. The molecule has 16 heavy (non-hydrogen) atoms. The van der Waals surface area contributed by atoms with E-state index in [1.807, 2.05) is 0 Å². The molecular formula is C12H16N2O2. The zero-order chi connectivity index (χ0) is 11.9. The maximum absolute atomic E-state index is 11.8. The van der Waals surface area contributed by atoms with Crippen LogP contribution in [0.2, 0.25) is 0 Å². The third kappa shape index (κ3) is 1.83. The van der Waals surface area contributed by atoms with Gasteiger partial charge in [-0.3, -0.25) is 4.79 Å². The zero-order valence-corrected chi connectivity index (χ0v) is 9.45. The number of aromatic hydroxyl groups is 1. The van der Waals surface area contributed by atoms with Gasteiger partial charge >= 0.3 is 0 Å². The van der Waals surface area contributed by atoms with Gasteiger partial charge in [-0.15, -0.1) is 0 Å². The van der Waals surface area contributed by atoms with Crippen LogP contribution in [0.4, 0.5) is 5.69 Å². The molecule has 1 aromatic carbocycles. The molecule has 1 atom stereocenters. The predicted octanol–water partition coefficient (Wildman–Crippen LogP) is 1.50. The van der Waals surface area contributed by atoms with Crippen LogP contribution in [0, 0.1) is 5.41 Å². The quantitative estimate of drug-likeness (QED) is 0.522. The van der Waals surface area contributed by atoms with Gasteiger partial charge in [0.05, 0.1) is 11.3 Å². The second kappa shape index (κ2) is 3.40. The highest BCUT2D eigenvalue weighted by atomic mass is 16.3. The number of para-hydroxylation sites is 1. The Labute approximate surface area is 94.5 Å². The lowest BCUT2D eigenvalue weighted by Crippen LogP contribution is -2.28. The van der Waals surface area contributed by atoms with Gasteiger partial charge in [-0.1, -0.05) is 19.9 Å². The minimum absolute atomic E-state index is 0.140. The van der Waals surface area contributed by atoms with Crippen molar-refractivity contribution in [3.63, 3.8) is 0 Å². The number of benzene rings is 1. The average molecular weight is 220 g/mol. The molecule has 1 aromatic rings. The van der Waals surface area contributed by atoms with Crippen LogP contribution in [0.15, 0.2) is 18.2 Å². The Morgan fingerprint density at radius 2 is 2.19 bits per heavy atom. The van der Waals surface area contributed by atoms with Crippen molar-refractivity contribution >= 4 is 11.6 Å². The minimum Gasteiger partial charge on any atom is -0.505 e. The number of nitrogens with one attached hydrogen (secondary N) is 1. The number of anilines is 1. The standard InChI is InChI=1S/C12H16N2O2/c1-12(2)6-9(12)14-11(16)7-4-3-5-8(13)10(7)15/h3-5,9,15H,6,13H2,1-2H3,(H,14,16). The van der Waals surface area contributed by atoms with Gasteiger partial charge < -0.3 is 16.2 Å². The molecule has 4 N–H and O–H groups in total. The lowest BCUT2D eigenvalue weighted by Gasteiger charge is -2.09. The van der Waals surface area contributed by atoms with Gasteiger partial charge in [-0.05, 0) is 24.0 Å². The molecule has 1 amide bonds. The van der Waals surface area contributed by atoms with Crippen LogP contribution in [0.25, 0.3) is 0 Å². The van der Waals surface area contributed by atoms with E-state index >= 15 is 0 Å². The molecule has 0 aliphatic heterocycles. The van der Waals surface area contributed by atoms with Crippen molar-refractivity contribution in [2.75, 3.05) is 5.73 Å². The number of phenolic OH excluding ortho intramolecular Hbond substituents is 1. The van der Waals surface area contributed by atoms with Gasteiger partial charge in [0.2, 0.25) is 0 Å². The summed E-state index contributed by atoms with van der Waals surface area (Å²) in [5.41, 5.74) is 6.16.